The van der Waals surface area contributed by atoms with E-state index in [9.17, 15) is 0 Å². The van der Waals surface area contributed by atoms with Crippen molar-refractivity contribution in [2.24, 2.45) is 0 Å². The summed E-state index contributed by atoms with van der Waals surface area (Å²) >= 11 is 0. The van der Waals surface area contributed by atoms with Gasteiger partial charge in [-0.25, -0.2) is 0 Å². The monoisotopic (exact) mass is 334 g/mol. The van der Waals surface area contributed by atoms with Gasteiger partial charge in [0.05, 0.1) is 0 Å². The van der Waals surface area contributed by atoms with E-state index in [0.29, 0.717) is 5.92 Å². The molecule has 0 aromatic heterocycles. The first-order valence-electron chi connectivity index (χ1n) is 9.59. The third-order valence-electron chi connectivity index (χ3n) is 5.69. The summed E-state index contributed by atoms with van der Waals surface area (Å²) in [5.74, 6) is 0.571. The van der Waals surface area contributed by atoms with Gasteiger partial charge >= 0.3 is 0 Å². The molecular formula is C26H22. The van der Waals surface area contributed by atoms with E-state index in [4.69, 9.17) is 0 Å². The highest BCUT2D eigenvalue weighted by molar-refractivity contribution is 6.14. The van der Waals surface area contributed by atoms with E-state index in [2.05, 4.69) is 91.9 Å². The minimum absolute atomic E-state index is 0.571. The van der Waals surface area contributed by atoms with Crippen molar-refractivity contribution in [2.75, 3.05) is 0 Å². The maximum atomic E-state index is 2.39. The van der Waals surface area contributed by atoms with Crippen molar-refractivity contribution in [1.82, 2.24) is 0 Å². The molecule has 26 heavy (non-hydrogen) atoms. The van der Waals surface area contributed by atoms with Crippen LogP contribution in [-0.2, 0) is 0 Å². The molecule has 0 saturated carbocycles. The summed E-state index contributed by atoms with van der Waals surface area (Å²) < 4.78 is 0. The van der Waals surface area contributed by atoms with E-state index < -0.39 is 0 Å². The van der Waals surface area contributed by atoms with Crippen LogP contribution in [0.25, 0.3) is 38.7 Å². The van der Waals surface area contributed by atoms with E-state index in [-0.39, 0.29) is 0 Å². The highest BCUT2D eigenvalue weighted by Gasteiger charge is 2.20. The second kappa shape index (κ2) is 6.14. The lowest BCUT2D eigenvalue weighted by Crippen LogP contribution is -1.94. The molecule has 0 bridgehead atoms. The second-order valence-electron chi connectivity index (χ2n) is 7.25. The average molecular weight is 334 g/mol. The summed E-state index contributed by atoms with van der Waals surface area (Å²) in [4.78, 5) is 0. The molecular weight excluding hydrogens is 312 g/mol. The molecule has 0 spiro atoms. The fourth-order valence-corrected chi connectivity index (χ4v) is 4.48. The van der Waals surface area contributed by atoms with Crippen LogP contribution in [0.4, 0.5) is 0 Å². The Morgan fingerprint density at radius 3 is 2.35 bits per heavy atom. The maximum absolute atomic E-state index is 2.39. The first kappa shape index (κ1) is 15.4. The molecule has 0 saturated heterocycles. The Balaban J connectivity index is 1.82. The van der Waals surface area contributed by atoms with Gasteiger partial charge in [-0.2, -0.15) is 0 Å². The molecule has 1 aliphatic rings. The van der Waals surface area contributed by atoms with Crippen LogP contribution in [0.2, 0.25) is 0 Å². The van der Waals surface area contributed by atoms with E-state index in [1.165, 1.54) is 56.6 Å². The third-order valence-corrected chi connectivity index (χ3v) is 5.69. The van der Waals surface area contributed by atoms with Gasteiger partial charge in [-0.15, -0.1) is 0 Å². The molecule has 126 valence electrons. The molecule has 0 fully saturated rings. The van der Waals surface area contributed by atoms with Crippen molar-refractivity contribution in [3.63, 3.8) is 0 Å². The fourth-order valence-electron chi connectivity index (χ4n) is 4.48. The lowest BCUT2D eigenvalue weighted by Gasteiger charge is -2.15. The van der Waals surface area contributed by atoms with Crippen molar-refractivity contribution in [3.05, 3.63) is 90.0 Å². The standard InChI is InChI=1S/C26H22/c1-2-8-18-15-16-25-20(18)13-7-14-24(25)26-17-19-9-3-4-10-21(19)22-11-5-6-12-23(22)26/h3-7,9-18H,2,8H2,1H3. The highest BCUT2D eigenvalue weighted by atomic mass is 14.2. The predicted molar refractivity (Wildman–Crippen MR) is 114 cm³/mol. The number of rotatable bonds is 3. The lowest BCUT2D eigenvalue weighted by atomic mass is 9.88. The Morgan fingerprint density at radius 2 is 1.50 bits per heavy atom. The van der Waals surface area contributed by atoms with Crippen LogP contribution in [0.15, 0.2) is 78.9 Å². The Hall–Kier alpha value is -2.86. The molecule has 0 aliphatic heterocycles. The molecule has 0 heteroatoms. The summed E-state index contributed by atoms with van der Waals surface area (Å²) in [6.45, 7) is 2.27. The summed E-state index contributed by atoms with van der Waals surface area (Å²) in [6.07, 6.45) is 7.18. The second-order valence-corrected chi connectivity index (χ2v) is 7.25. The van der Waals surface area contributed by atoms with Gasteiger partial charge in [0.25, 0.3) is 0 Å². The zero-order chi connectivity index (χ0) is 17.5. The molecule has 0 radical (unpaired) electrons. The van der Waals surface area contributed by atoms with Crippen molar-refractivity contribution in [1.29, 1.82) is 0 Å². The first-order valence-corrected chi connectivity index (χ1v) is 9.59. The van der Waals surface area contributed by atoms with E-state index in [1.807, 2.05) is 0 Å². The highest BCUT2D eigenvalue weighted by Crippen LogP contribution is 2.42. The first-order chi connectivity index (χ1) is 12.9. The van der Waals surface area contributed by atoms with Crippen LogP contribution in [0.5, 0.6) is 0 Å². The minimum atomic E-state index is 0.571. The third kappa shape index (κ3) is 2.29. The largest absolute Gasteiger partial charge is 0.0764 e. The fraction of sp³-hybridized carbons (Fsp3) is 0.154. The number of fused-ring (bicyclic) bond motifs is 4. The van der Waals surface area contributed by atoms with Gasteiger partial charge < -0.3 is 0 Å². The molecule has 0 amide bonds. The van der Waals surface area contributed by atoms with Gasteiger partial charge in [0.15, 0.2) is 0 Å². The normalized spacial score (nSPS) is 15.7. The molecule has 1 atom stereocenters. The zero-order valence-electron chi connectivity index (χ0n) is 15.1. The van der Waals surface area contributed by atoms with Crippen LogP contribution in [0, 0.1) is 0 Å². The van der Waals surface area contributed by atoms with Gasteiger partial charge in [0, 0.05) is 5.92 Å². The smallest absolute Gasteiger partial charge is 0.00273 e. The van der Waals surface area contributed by atoms with E-state index >= 15 is 0 Å². The number of hydrogen-bond donors (Lipinski definition) is 0. The Kier molecular flexibility index (Phi) is 3.64. The average Bonchev–Trinajstić information content (AvgIpc) is 3.11. The van der Waals surface area contributed by atoms with Gasteiger partial charge in [-0.05, 0) is 56.3 Å². The van der Waals surface area contributed by atoms with Crippen LogP contribution in [0.1, 0.15) is 36.8 Å². The molecule has 0 heterocycles. The number of benzene rings is 4. The van der Waals surface area contributed by atoms with Crippen LogP contribution in [0.3, 0.4) is 0 Å². The minimum Gasteiger partial charge on any atom is -0.0764 e. The van der Waals surface area contributed by atoms with Crippen molar-refractivity contribution in [2.45, 2.75) is 25.7 Å². The van der Waals surface area contributed by atoms with Crippen molar-refractivity contribution < 1.29 is 0 Å². The van der Waals surface area contributed by atoms with E-state index in [1.54, 1.807) is 0 Å². The number of allylic oxidation sites excluding steroid dienone is 1. The molecule has 5 rings (SSSR count). The summed E-state index contributed by atoms with van der Waals surface area (Å²) in [5.41, 5.74) is 5.60. The predicted octanol–water partition coefficient (Wildman–Crippen LogP) is 7.57. The van der Waals surface area contributed by atoms with Crippen LogP contribution >= 0.6 is 0 Å². The van der Waals surface area contributed by atoms with Gasteiger partial charge in [0.1, 0.15) is 0 Å². The van der Waals surface area contributed by atoms with Gasteiger partial charge in [-0.1, -0.05) is 92.2 Å². The van der Waals surface area contributed by atoms with Crippen molar-refractivity contribution >= 4 is 27.6 Å². The Morgan fingerprint density at radius 1 is 0.731 bits per heavy atom. The molecule has 0 N–H and O–H groups in total. The maximum Gasteiger partial charge on any atom is 0.00273 e. The lowest BCUT2D eigenvalue weighted by molar-refractivity contribution is 0.726. The van der Waals surface area contributed by atoms with E-state index in [0.717, 1.165) is 0 Å². The van der Waals surface area contributed by atoms with Crippen molar-refractivity contribution in [3.8, 4) is 11.1 Å². The molecule has 4 aromatic carbocycles. The SMILES string of the molecule is CCCC1C=Cc2c(-c3cc4ccccc4c4ccccc34)cccc21. The molecule has 1 aliphatic carbocycles. The van der Waals surface area contributed by atoms with Crippen LogP contribution < -0.4 is 0 Å². The topological polar surface area (TPSA) is 0 Å². The zero-order valence-corrected chi connectivity index (χ0v) is 15.1. The molecule has 1 unspecified atom stereocenters. The summed E-state index contributed by atoms with van der Waals surface area (Å²) in [6, 6.07) is 26.7. The Bertz CT molecular complexity index is 1150. The number of hydrogen-bond acceptors (Lipinski definition) is 0. The quantitative estimate of drug-likeness (QED) is 0.339. The molecule has 4 aromatic rings. The Labute approximate surface area is 154 Å². The van der Waals surface area contributed by atoms with Gasteiger partial charge in [-0.3, -0.25) is 0 Å². The van der Waals surface area contributed by atoms with Gasteiger partial charge in [0.2, 0.25) is 0 Å². The van der Waals surface area contributed by atoms with Crippen LogP contribution in [-0.4, -0.2) is 0 Å². The summed E-state index contributed by atoms with van der Waals surface area (Å²) in [7, 11) is 0. The summed E-state index contributed by atoms with van der Waals surface area (Å²) in [5, 5.41) is 5.32. The molecule has 0 nitrogen and oxygen atoms in total.